The van der Waals surface area contributed by atoms with E-state index in [9.17, 15) is 14.4 Å². The minimum Gasteiger partial charge on any atom is -0.494 e. The van der Waals surface area contributed by atoms with Crippen molar-refractivity contribution in [1.29, 1.82) is 0 Å². The number of nitrogens with one attached hydrogen (secondary N) is 5. The summed E-state index contributed by atoms with van der Waals surface area (Å²) in [5, 5.41) is 23.1. The van der Waals surface area contributed by atoms with E-state index in [0.717, 1.165) is 12.8 Å². The van der Waals surface area contributed by atoms with Gasteiger partial charge < -0.3 is 35.8 Å². The number of carbonyl (C=O) groups excluding carboxylic acids is 3. The van der Waals surface area contributed by atoms with Crippen LogP contribution in [0.5, 0.6) is 5.75 Å². The lowest BCUT2D eigenvalue weighted by Crippen LogP contribution is -2.50. The summed E-state index contributed by atoms with van der Waals surface area (Å²) >= 11 is 0. The van der Waals surface area contributed by atoms with Crippen LogP contribution >= 0.6 is 0 Å². The van der Waals surface area contributed by atoms with Crippen LogP contribution in [-0.4, -0.2) is 87.5 Å². The van der Waals surface area contributed by atoms with Crippen LogP contribution in [0.1, 0.15) is 29.2 Å². The van der Waals surface area contributed by atoms with Crippen molar-refractivity contribution in [1.82, 2.24) is 36.3 Å². The summed E-state index contributed by atoms with van der Waals surface area (Å²) in [4.78, 5) is 41.2. The Morgan fingerprint density at radius 2 is 1.93 bits per heavy atom. The van der Waals surface area contributed by atoms with Gasteiger partial charge in [-0.05, 0) is 32.0 Å². The molecular weight excluding hydrogens is 515 g/mol. The SMILES string of the molecule is [B]C([B])([B])NC(=O)c1nnc(NC(=O)C2CC2)cc1Nc1cccc(-c2nc(CNC(=O)CNC)no2)c1OC. The van der Waals surface area contributed by atoms with E-state index < -0.39 is 11.1 Å². The van der Waals surface area contributed by atoms with Crippen molar-refractivity contribution in [2.45, 2.75) is 24.6 Å². The Hall–Kier alpha value is -4.40. The van der Waals surface area contributed by atoms with Gasteiger partial charge in [-0.15, -0.1) is 10.2 Å². The van der Waals surface area contributed by atoms with Gasteiger partial charge in [0.2, 0.25) is 11.8 Å². The van der Waals surface area contributed by atoms with E-state index in [2.05, 4.69) is 46.9 Å². The Kier molecular flexibility index (Phi) is 8.72. The summed E-state index contributed by atoms with van der Waals surface area (Å²) in [6.45, 7) is 0.205. The van der Waals surface area contributed by atoms with Crippen molar-refractivity contribution < 1.29 is 23.6 Å². The quantitative estimate of drug-likeness (QED) is 0.184. The van der Waals surface area contributed by atoms with Gasteiger partial charge in [0, 0.05) is 12.0 Å². The minimum absolute atomic E-state index is 0.0612. The first-order valence-electron chi connectivity index (χ1n) is 12.1. The molecule has 0 saturated heterocycles. The van der Waals surface area contributed by atoms with Crippen LogP contribution in [0.3, 0.4) is 0 Å². The lowest BCUT2D eigenvalue weighted by Gasteiger charge is -2.23. The number of ether oxygens (including phenoxy) is 1. The Balaban J connectivity index is 1.64. The fourth-order valence-electron chi connectivity index (χ4n) is 3.55. The minimum atomic E-state index is -2.02. The Labute approximate surface area is 233 Å². The normalized spacial score (nSPS) is 12.8. The van der Waals surface area contributed by atoms with Gasteiger partial charge in [0.1, 0.15) is 0 Å². The second-order valence-corrected chi connectivity index (χ2v) is 8.98. The smallest absolute Gasteiger partial charge is 0.272 e. The molecule has 4 rings (SSSR count). The fraction of sp³-hybridized carbons (Fsp3) is 0.348. The molecule has 14 nitrogen and oxygen atoms in total. The fourth-order valence-corrected chi connectivity index (χ4v) is 3.55. The van der Waals surface area contributed by atoms with Crippen LogP contribution in [0, 0.1) is 5.92 Å². The van der Waals surface area contributed by atoms with Gasteiger partial charge in [-0.3, -0.25) is 14.4 Å². The van der Waals surface area contributed by atoms with Crippen molar-refractivity contribution >= 4 is 58.5 Å². The molecule has 2 heterocycles. The van der Waals surface area contributed by atoms with Gasteiger partial charge in [0.15, 0.2) is 23.1 Å². The molecule has 0 atom stereocenters. The number of para-hydroxylation sites is 1. The van der Waals surface area contributed by atoms with E-state index in [4.69, 9.17) is 32.8 Å². The molecule has 5 N–H and O–H groups in total. The number of benzene rings is 1. The average Bonchev–Trinajstić information content (AvgIpc) is 3.64. The third kappa shape index (κ3) is 7.37. The Morgan fingerprint density at radius 1 is 1.15 bits per heavy atom. The van der Waals surface area contributed by atoms with Crippen LogP contribution in [0.15, 0.2) is 28.8 Å². The Morgan fingerprint density at radius 3 is 2.60 bits per heavy atom. The highest BCUT2D eigenvalue weighted by atomic mass is 16.5. The number of carbonyl (C=O) groups is 3. The summed E-state index contributed by atoms with van der Waals surface area (Å²) in [6.07, 6.45) is 1.58. The summed E-state index contributed by atoms with van der Waals surface area (Å²) < 4.78 is 11.0. The molecule has 1 aliphatic carbocycles. The molecule has 1 aromatic carbocycles. The van der Waals surface area contributed by atoms with Crippen molar-refractivity contribution in [2.24, 2.45) is 5.92 Å². The standard InChI is InChI=1S/C23H24B3N9O5/c1-27-10-17(36)28-9-16-31-22(40-35-16)12-4-3-5-13(19(12)39-2)29-14-8-15(30-20(37)11-6-7-11)33-34-18(14)21(38)32-23(24,25)26/h3-5,8,11,27H,6-7,9-10H2,1-2H3,(H,28,36)(H,32,38)(H2,29,30,33,37). The van der Waals surface area contributed by atoms with Crippen molar-refractivity contribution in [3.63, 3.8) is 0 Å². The predicted molar refractivity (Wildman–Crippen MR) is 146 cm³/mol. The summed E-state index contributed by atoms with van der Waals surface area (Å²) in [6, 6.07) is 6.47. The van der Waals surface area contributed by atoms with Crippen molar-refractivity contribution in [3.8, 4) is 17.2 Å². The number of methoxy groups -OCH3 is 1. The molecule has 6 radical (unpaired) electrons. The molecule has 40 heavy (non-hydrogen) atoms. The number of rotatable bonds is 12. The molecular formula is C23H24B3N9O5. The van der Waals surface area contributed by atoms with Crippen molar-refractivity contribution in [3.05, 3.63) is 35.8 Å². The maximum atomic E-state index is 12.8. The first kappa shape index (κ1) is 28.6. The number of anilines is 3. The van der Waals surface area contributed by atoms with Crippen molar-refractivity contribution in [2.75, 3.05) is 31.3 Å². The number of nitrogens with zero attached hydrogens (tertiary/aromatic N) is 4. The van der Waals surface area contributed by atoms with E-state index in [-0.39, 0.29) is 65.5 Å². The summed E-state index contributed by atoms with van der Waals surface area (Å²) in [7, 11) is 19.7. The van der Waals surface area contributed by atoms with Crippen LogP contribution in [0.2, 0.25) is 0 Å². The van der Waals surface area contributed by atoms with Gasteiger partial charge in [-0.2, -0.15) is 4.98 Å². The highest BCUT2D eigenvalue weighted by molar-refractivity contribution is 6.60. The van der Waals surface area contributed by atoms with E-state index in [1.165, 1.54) is 13.2 Å². The maximum Gasteiger partial charge on any atom is 0.272 e. The third-order valence-corrected chi connectivity index (χ3v) is 5.51. The zero-order chi connectivity index (χ0) is 28.9. The molecule has 3 aromatic rings. The number of aromatic nitrogens is 4. The van der Waals surface area contributed by atoms with Crippen LogP contribution < -0.4 is 31.3 Å². The molecule has 200 valence electrons. The molecule has 1 fully saturated rings. The lowest BCUT2D eigenvalue weighted by atomic mass is 9.49. The largest absolute Gasteiger partial charge is 0.494 e. The maximum absolute atomic E-state index is 12.8. The third-order valence-electron chi connectivity index (χ3n) is 5.51. The first-order chi connectivity index (χ1) is 19.1. The van der Waals surface area contributed by atoms with E-state index in [1.807, 2.05) is 0 Å². The van der Waals surface area contributed by atoms with Gasteiger partial charge in [0.25, 0.3) is 11.8 Å². The molecule has 3 amide bonds. The molecule has 17 heteroatoms. The zero-order valence-electron chi connectivity index (χ0n) is 21.8. The Bertz CT molecular complexity index is 1410. The highest BCUT2D eigenvalue weighted by Crippen LogP contribution is 2.38. The summed E-state index contributed by atoms with van der Waals surface area (Å²) in [5.74, 6) is -0.547. The first-order valence-corrected chi connectivity index (χ1v) is 12.1. The predicted octanol–water partition coefficient (Wildman–Crippen LogP) is -0.690. The molecule has 0 unspecified atom stereocenters. The van der Waals surface area contributed by atoms with Crippen LogP contribution in [-0.2, 0) is 16.1 Å². The lowest BCUT2D eigenvalue weighted by molar-refractivity contribution is -0.120. The van der Waals surface area contributed by atoms with Gasteiger partial charge in [-0.1, -0.05) is 16.5 Å². The molecule has 0 bridgehead atoms. The summed E-state index contributed by atoms with van der Waals surface area (Å²) in [5.41, 5.74) is 0.729. The highest BCUT2D eigenvalue weighted by Gasteiger charge is 2.30. The number of hydrogen-bond donors (Lipinski definition) is 5. The molecule has 1 saturated carbocycles. The molecule has 0 spiro atoms. The zero-order valence-corrected chi connectivity index (χ0v) is 21.8. The van der Waals surface area contributed by atoms with E-state index in [1.54, 1.807) is 25.2 Å². The second-order valence-electron chi connectivity index (χ2n) is 8.98. The number of hydrogen-bond acceptors (Lipinski definition) is 11. The van der Waals surface area contributed by atoms with E-state index >= 15 is 0 Å². The monoisotopic (exact) mass is 539 g/mol. The molecule has 2 aromatic heterocycles. The topological polar surface area (TPSA) is 185 Å². The number of likely N-dealkylation sites (N-methyl/N-ethyl adjacent to an activating group) is 1. The van der Waals surface area contributed by atoms with Gasteiger partial charge in [0.05, 0.1) is 60.7 Å². The number of amides is 3. The van der Waals surface area contributed by atoms with Crippen LogP contribution in [0.4, 0.5) is 17.2 Å². The molecule has 1 aliphatic rings. The van der Waals surface area contributed by atoms with Gasteiger partial charge in [-0.25, -0.2) is 0 Å². The second kappa shape index (κ2) is 12.2. The van der Waals surface area contributed by atoms with E-state index in [0.29, 0.717) is 11.3 Å². The van der Waals surface area contributed by atoms with Gasteiger partial charge >= 0.3 is 0 Å². The average molecular weight is 539 g/mol. The molecule has 0 aliphatic heterocycles. The van der Waals surface area contributed by atoms with Crippen LogP contribution in [0.25, 0.3) is 11.5 Å².